The molecule has 1 heterocycles. The lowest BCUT2D eigenvalue weighted by molar-refractivity contribution is -0.117. The number of para-hydroxylation sites is 1. The first-order valence-corrected chi connectivity index (χ1v) is 7.29. The molecule has 1 aromatic carbocycles. The Balaban J connectivity index is 1.96. The number of nitrogens with one attached hydrogen (secondary N) is 1. The fraction of sp³-hybridized carbons (Fsp3) is 0.294. The van der Waals surface area contributed by atoms with Crippen molar-refractivity contribution in [2.45, 2.75) is 19.9 Å². The highest BCUT2D eigenvalue weighted by atomic mass is 16.3. The van der Waals surface area contributed by atoms with E-state index in [4.69, 9.17) is 5.11 Å². The number of nitrogens with zero attached hydrogens (tertiary/aromatic N) is 2. The van der Waals surface area contributed by atoms with Crippen LogP contribution >= 0.6 is 0 Å². The molecule has 0 fully saturated rings. The summed E-state index contributed by atoms with van der Waals surface area (Å²) >= 11 is 0. The minimum Gasteiger partial charge on any atom is -0.396 e. The van der Waals surface area contributed by atoms with E-state index in [0.29, 0.717) is 0 Å². The number of aliphatic hydroxyl groups is 1. The van der Waals surface area contributed by atoms with Crippen LogP contribution in [0, 0.1) is 5.92 Å². The molecule has 22 heavy (non-hydrogen) atoms. The normalized spacial score (nSPS) is 14.0. The molecule has 5 heteroatoms. The number of carbonyl (C=O) groups is 1. The second kappa shape index (κ2) is 7.56. The molecule has 5 nitrogen and oxygen atoms in total. The van der Waals surface area contributed by atoms with E-state index in [-0.39, 0.29) is 24.5 Å². The van der Waals surface area contributed by atoms with Crippen LogP contribution in [0.1, 0.15) is 19.4 Å². The molecule has 1 aromatic heterocycles. The van der Waals surface area contributed by atoms with Gasteiger partial charge in [0.1, 0.15) is 0 Å². The lowest BCUT2D eigenvalue weighted by Gasteiger charge is -2.17. The quantitative estimate of drug-likeness (QED) is 0.802. The fourth-order valence-corrected chi connectivity index (χ4v) is 1.89. The smallest absolute Gasteiger partial charge is 0.244 e. The van der Waals surface area contributed by atoms with Gasteiger partial charge < -0.3 is 10.4 Å². The zero-order chi connectivity index (χ0) is 15.9. The van der Waals surface area contributed by atoms with Gasteiger partial charge in [-0.05, 0) is 31.1 Å². The van der Waals surface area contributed by atoms with Crippen molar-refractivity contribution in [1.29, 1.82) is 0 Å². The summed E-state index contributed by atoms with van der Waals surface area (Å²) in [6, 6.07) is 9.70. The summed E-state index contributed by atoms with van der Waals surface area (Å²) in [6.07, 6.45) is 6.76. The molecule has 2 rings (SSSR count). The lowest BCUT2D eigenvalue weighted by atomic mass is 10.1. The summed E-state index contributed by atoms with van der Waals surface area (Å²) in [5, 5.41) is 16.2. The van der Waals surface area contributed by atoms with Crippen LogP contribution < -0.4 is 5.32 Å². The van der Waals surface area contributed by atoms with Crippen LogP contribution in [0.15, 0.2) is 48.8 Å². The number of rotatable bonds is 6. The van der Waals surface area contributed by atoms with Crippen molar-refractivity contribution in [3.63, 3.8) is 0 Å². The third-order valence-corrected chi connectivity index (χ3v) is 3.56. The van der Waals surface area contributed by atoms with Gasteiger partial charge in [-0.3, -0.25) is 4.79 Å². The van der Waals surface area contributed by atoms with Crippen LogP contribution in [0.25, 0.3) is 11.8 Å². The number of hydrogen-bond donors (Lipinski definition) is 2. The molecule has 116 valence electrons. The Morgan fingerprint density at radius 1 is 1.36 bits per heavy atom. The Morgan fingerprint density at radius 2 is 2.09 bits per heavy atom. The molecular formula is C17H21N3O2. The maximum atomic E-state index is 11.8. The summed E-state index contributed by atoms with van der Waals surface area (Å²) in [4.78, 5) is 11.8. The van der Waals surface area contributed by atoms with Crippen LogP contribution in [0.4, 0.5) is 0 Å². The van der Waals surface area contributed by atoms with Gasteiger partial charge in [-0.2, -0.15) is 5.10 Å². The Morgan fingerprint density at radius 3 is 2.77 bits per heavy atom. The number of carbonyl (C=O) groups excluding carboxylic acids is 1. The van der Waals surface area contributed by atoms with E-state index in [1.54, 1.807) is 17.0 Å². The zero-order valence-electron chi connectivity index (χ0n) is 12.8. The van der Waals surface area contributed by atoms with Crippen molar-refractivity contribution in [3.8, 4) is 5.69 Å². The molecule has 2 N–H and O–H groups in total. The SMILES string of the molecule is CC(CO)C(C)NC(=O)/C=C/c1cnn(-c2ccccc2)c1. The van der Waals surface area contributed by atoms with Crippen molar-refractivity contribution in [1.82, 2.24) is 15.1 Å². The van der Waals surface area contributed by atoms with E-state index in [0.717, 1.165) is 11.3 Å². The molecule has 0 aliphatic rings. The van der Waals surface area contributed by atoms with Gasteiger partial charge in [0.25, 0.3) is 0 Å². The van der Waals surface area contributed by atoms with E-state index in [2.05, 4.69) is 10.4 Å². The monoisotopic (exact) mass is 299 g/mol. The zero-order valence-corrected chi connectivity index (χ0v) is 12.8. The van der Waals surface area contributed by atoms with Crippen molar-refractivity contribution < 1.29 is 9.90 Å². The molecule has 0 spiro atoms. The average Bonchev–Trinajstić information content (AvgIpc) is 3.02. The second-order valence-electron chi connectivity index (χ2n) is 5.34. The fourth-order valence-electron chi connectivity index (χ4n) is 1.89. The summed E-state index contributed by atoms with van der Waals surface area (Å²) < 4.78 is 1.76. The minimum absolute atomic E-state index is 0.0261. The van der Waals surface area contributed by atoms with Gasteiger partial charge in [-0.15, -0.1) is 0 Å². The molecule has 0 radical (unpaired) electrons. The molecule has 2 atom stereocenters. The van der Waals surface area contributed by atoms with E-state index in [9.17, 15) is 4.79 Å². The first-order valence-electron chi connectivity index (χ1n) is 7.29. The predicted molar refractivity (Wildman–Crippen MR) is 86.5 cm³/mol. The predicted octanol–water partition coefficient (Wildman–Crippen LogP) is 2.02. The Bertz CT molecular complexity index is 634. The van der Waals surface area contributed by atoms with Crippen molar-refractivity contribution >= 4 is 12.0 Å². The Hall–Kier alpha value is -2.40. The summed E-state index contributed by atoms with van der Waals surface area (Å²) in [5.41, 5.74) is 1.82. The van der Waals surface area contributed by atoms with E-state index in [1.807, 2.05) is 50.4 Å². The van der Waals surface area contributed by atoms with Crippen molar-refractivity contribution in [2.75, 3.05) is 6.61 Å². The molecule has 1 amide bonds. The number of aromatic nitrogens is 2. The molecular weight excluding hydrogens is 278 g/mol. The summed E-state index contributed by atoms with van der Waals surface area (Å²) in [7, 11) is 0. The van der Waals surface area contributed by atoms with Crippen molar-refractivity contribution in [3.05, 3.63) is 54.4 Å². The molecule has 0 bridgehead atoms. The molecule has 0 saturated carbocycles. The number of amides is 1. The van der Waals surface area contributed by atoms with E-state index >= 15 is 0 Å². The molecule has 0 aliphatic carbocycles. The third kappa shape index (κ3) is 4.30. The highest BCUT2D eigenvalue weighted by Gasteiger charge is 2.12. The largest absolute Gasteiger partial charge is 0.396 e. The molecule has 2 unspecified atom stereocenters. The van der Waals surface area contributed by atoms with Gasteiger partial charge in [0, 0.05) is 30.5 Å². The maximum Gasteiger partial charge on any atom is 0.244 e. The molecule has 2 aromatic rings. The van der Waals surface area contributed by atoms with Gasteiger partial charge in [-0.1, -0.05) is 25.1 Å². The average molecular weight is 299 g/mol. The number of benzene rings is 1. The van der Waals surface area contributed by atoms with Crippen LogP contribution in [0.5, 0.6) is 0 Å². The standard InChI is InChI=1S/C17H21N3O2/c1-13(12-21)14(2)19-17(22)9-8-15-10-18-20(11-15)16-6-4-3-5-7-16/h3-11,13-14,21H,12H2,1-2H3,(H,19,22)/b9-8+. The van der Waals surface area contributed by atoms with Gasteiger partial charge in [-0.25, -0.2) is 4.68 Å². The van der Waals surface area contributed by atoms with Gasteiger partial charge in [0.2, 0.25) is 5.91 Å². The third-order valence-electron chi connectivity index (χ3n) is 3.56. The van der Waals surface area contributed by atoms with Crippen LogP contribution in [0.3, 0.4) is 0 Å². The van der Waals surface area contributed by atoms with Gasteiger partial charge in [0.15, 0.2) is 0 Å². The minimum atomic E-state index is -0.180. The topological polar surface area (TPSA) is 67.2 Å². The Labute approximate surface area is 130 Å². The van der Waals surface area contributed by atoms with Crippen molar-refractivity contribution in [2.24, 2.45) is 5.92 Å². The lowest BCUT2D eigenvalue weighted by Crippen LogP contribution is -2.37. The summed E-state index contributed by atoms with van der Waals surface area (Å²) in [5.74, 6) is -0.154. The highest BCUT2D eigenvalue weighted by molar-refractivity contribution is 5.91. The molecule has 0 aliphatic heterocycles. The van der Waals surface area contributed by atoms with Crippen LogP contribution in [-0.4, -0.2) is 33.4 Å². The van der Waals surface area contributed by atoms with E-state index < -0.39 is 0 Å². The van der Waals surface area contributed by atoms with Gasteiger partial charge in [0.05, 0.1) is 11.9 Å². The maximum absolute atomic E-state index is 11.8. The van der Waals surface area contributed by atoms with E-state index in [1.165, 1.54) is 6.08 Å². The number of aliphatic hydroxyl groups excluding tert-OH is 1. The van der Waals surface area contributed by atoms with Crippen LogP contribution in [-0.2, 0) is 4.79 Å². The second-order valence-corrected chi connectivity index (χ2v) is 5.34. The summed E-state index contributed by atoms with van der Waals surface area (Å²) in [6.45, 7) is 3.81. The first-order chi connectivity index (χ1) is 10.6. The Kier molecular flexibility index (Phi) is 5.49. The number of hydrogen-bond acceptors (Lipinski definition) is 3. The van der Waals surface area contributed by atoms with Gasteiger partial charge >= 0.3 is 0 Å². The highest BCUT2D eigenvalue weighted by Crippen LogP contribution is 2.08. The van der Waals surface area contributed by atoms with Crippen LogP contribution in [0.2, 0.25) is 0 Å². The molecule has 0 saturated heterocycles. The first kappa shape index (κ1) is 16.0.